The predicted octanol–water partition coefficient (Wildman–Crippen LogP) is 1.91. The molecule has 0 radical (unpaired) electrons. The minimum Gasteiger partial charge on any atom is -0.381 e. The van der Waals surface area contributed by atoms with Gasteiger partial charge in [-0.3, -0.25) is 18.6 Å². The topological polar surface area (TPSA) is 134 Å². The second-order valence-corrected chi connectivity index (χ2v) is 8.32. The van der Waals surface area contributed by atoms with E-state index in [-0.39, 0.29) is 23.3 Å². The van der Waals surface area contributed by atoms with Crippen molar-refractivity contribution in [2.24, 2.45) is 14.1 Å². The lowest BCUT2D eigenvalue weighted by Gasteiger charge is -2.22. The maximum atomic E-state index is 12.9. The van der Waals surface area contributed by atoms with Gasteiger partial charge in [0.15, 0.2) is 5.65 Å². The Kier molecular flexibility index (Phi) is 5.57. The largest absolute Gasteiger partial charge is 0.381 e. The molecule has 0 saturated carbocycles. The van der Waals surface area contributed by atoms with Crippen molar-refractivity contribution in [3.8, 4) is 0 Å². The van der Waals surface area contributed by atoms with Gasteiger partial charge < -0.3 is 15.4 Å². The first-order chi connectivity index (χ1) is 16.4. The molecule has 12 heteroatoms. The van der Waals surface area contributed by atoms with Crippen LogP contribution >= 0.6 is 0 Å². The van der Waals surface area contributed by atoms with Crippen molar-refractivity contribution in [3.63, 3.8) is 0 Å². The molecular weight excluding hydrogens is 438 g/mol. The van der Waals surface area contributed by atoms with Crippen LogP contribution in [0.15, 0.2) is 35.6 Å². The number of ether oxygens (including phenoxy) is 1. The Hall–Kier alpha value is -4.06. The molecule has 12 nitrogen and oxygen atoms in total. The van der Waals surface area contributed by atoms with Crippen molar-refractivity contribution in [2.45, 2.75) is 25.8 Å². The highest BCUT2D eigenvalue weighted by molar-refractivity contribution is 6.03. The zero-order chi connectivity index (χ0) is 23.8. The van der Waals surface area contributed by atoms with Gasteiger partial charge in [0.25, 0.3) is 5.91 Å². The molecule has 1 amide bonds. The molecule has 4 aromatic rings. The number of nitrogens with zero attached hydrogens (tertiary/aromatic N) is 7. The molecule has 2 N–H and O–H groups in total. The summed E-state index contributed by atoms with van der Waals surface area (Å²) in [6, 6.07) is 1.72. The third-order valence-corrected chi connectivity index (χ3v) is 5.94. The fourth-order valence-electron chi connectivity index (χ4n) is 4.08. The fourth-order valence-corrected chi connectivity index (χ4v) is 4.08. The van der Waals surface area contributed by atoms with Gasteiger partial charge in [0, 0.05) is 39.5 Å². The lowest BCUT2D eigenvalue weighted by Crippen LogP contribution is -2.30. The molecule has 0 bridgehead atoms. The van der Waals surface area contributed by atoms with Gasteiger partial charge in [0.05, 0.1) is 30.0 Å². The molecule has 1 aliphatic heterocycles. The van der Waals surface area contributed by atoms with Crippen molar-refractivity contribution < 1.29 is 9.53 Å². The van der Waals surface area contributed by atoms with Crippen molar-refractivity contribution in [1.82, 2.24) is 33.9 Å². The summed E-state index contributed by atoms with van der Waals surface area (Å²) in [5, 5.41) is 9.97. The van der Waals surface area contributed by atoms with E-state index in [1.165, 1.54) is 0 Å². The second kappa shape index (κ2) is 8.71. The Balaban J connectivity index is 1.40. The number of carbonyl (C=O) groups is 1. The number of anilines is 3. The Bertz CT molecular complexity index is 1430. The first kappa shape index (κ1) is 21.8. The van der Waals surface area contributed by atoms with Crippen molar-refractivity contribution in [3.05, 3.63) is 52.6 Å². The molecule has 0 unspecified atom stereocenters. The summed E-state index contributed by atoms with van der Waals surface area (Å²) in [6.45, 7) is 3.11. The number of aromatic nitrogens is 7. The van der Waals surface area contributed by atoms with E-state index < -0.39 is 0 Å². The van der Waals surface area contributed by atoms with E-state index in [2.05, 4.69) is 30.7 Å². The molecule has 1 aliphatic rings. The first-order valence-electron chi connectivity index (χ1n) is 11.0. The van der Waals surface area contributed by atoms with Crippen LogP contribution in [0.1, 0.15) is 34.9 Å². The molecule has 1 fully saturated rings. The zero-order valence-corrected chi connectivity index (χ0v) is 19.1. The van der Waals surface area contributed by atoms with Gasteiger partial charge in [-0.05, 0) is 31.4 Å². The summed E-state index contributed by atoms with van der Waals surface area (Å²) < 4.78 is 10.4. The molecule has 176 valence electrons. The number of imidazole rings is 1. The molecule has 5 rings (SSSR count). The highest BCUT2D eigenvalue weighted by Gasteiger charge is 2.23. The van der Waals surface area contributed by atoms with E-state index in [9.17, 15) is 9.59 Å². The highest BCUT2D eigenvalue weighted by atomic mass is 16.5. The summed E-state index contributed by atoms with van der Waals surface area (Å²) in [6.07, 6.45) is 8.00. The Morgan fingerprint density at radius 3 is 2.65 bits per heavy atom. The standard InChI is InChI=1S/C22H25N9O3/c1-13-8-16(20(32)26-14-9-25-29(2)12-14)23-10-17(13)27-21-24-11-18-19(28-21)31(22(33)30(18)3)15-4-6-34-7-5-15/h8-12,15H,4-7H2,1-3H3,(H,26,32)(H,24,27,28). The lowest BCUT2D eigenvalue weighted by molar-refractivity contribution is 0.0695. The van der Waals surface area contributed by atoms with Crippen LogP contribution in [-0.2, 0) is 18.8 Å². The highest BCUT2D eigenvalue weighted by Crippen LogP contribution is 2.25. The number of aryl methyl sites for hydroxylation is 3. The van der Waals surface area contributed by atoms with Crippen molar-refractivity contribution >= 4 is 34.4 Å². The second-order valence-electron chi connectivity index (χ2n) is 8.32. The molecule has 1 saturated heterocycles. The predicted molar refractivity (Wildman–Crippen MR) is 125 cm³/mol. The SMILES string of the molecule is Cc1cc(C(=O)Nc2cnn(C)c2)ncc1Nc1ncc2c(n1)n(C1CCOCC1)c(=O)n2C. The number of pyridine rings is 1. The maximum absolute atomic E-state index is 12.9. The van der Waals surface area contributed by atoms with Gasteiger partial charge in [-0.15, -0.1) is 0 Å². The van der Waals surface area contributed by atoms with Gasteiger partial charge in [-0.2, -0.15) is 10.1 Å². The number of amides is 1. The summed E-state index contributed by atoms with van der Waals surface area (Å²) in [5.74, 6) is 0.0152. The molecule has 0 spiro atoms. The van der Waals surface area contributed by atoms with Crippen LogP contribution in [0.5, 0.6) is 0 Å². The number of hydrogen-bond donors (Lipinski definition) is 2. The third kappa shape index (κ3) is 4.03. The maximum Gasteiger partial charge on any atom is 0.330 e. The molecule has 0 atom stereocenters. The van der Waals surface area contributed by atoms with Gasteiger partial charge in [0.2, 0.25) is 5.95 Å². The smallest absolute Gasteiger partial charge is 0.330 e. The van der Waals surface area contributed by atoms with E-state index >= 15 is 0 Å². The number of rotatable bonds is 5. The van der Waals surface area contributed by atoms with E-state index in [0.717, 1.165) is 18.4 Å². The van der Waals surface area contributed by atoms with Gasteiger partial charge in [-0.1, -0.05) is 0 Å². The Labute approximate surface area is 194 Å². The molecule has 0 aliphatic carbocycles. The average molecular weight is 464 g/mol. The summed E-state index contributed by atoms with van der Waals surface area (Å²) in [4.78, 5) is 38.7. The van der Waals surface area contributed by atoms with Gasteiger partial charge >= 0.3 is 5.69 Å². The van der Waals surface area contributed by atoms with Gasteiger partial charge in [0.1, 0.15) is 11.2 Å². The molecule has 5 heterocycles. The first-order valence-corrected chi connectivity index (χ1v) is 11.0. The van der Waals surface area contributed by atoms with Crippen LogP contribution in [0.2, 0.25) is 0 Å². The monoisotopic (exact) mass is 463 g/mol. The fraction of sp³-hybridized carbons (Fsp3) is 0.364. The summed E-state index contributed by atoms with van der Waals surface area (Å²) in [5.41, 5.74) is 3.46. The molecule has 4 aromatic heterocycles. The van der Waals surface area contributed by atoms with Crippen molar-refractivity contribution in [1.29, 1.82) is 0 Å². The van der Waals surface area contributed by atoms with E-state index in [1.54, 1.807) is 58.8 Å². The van der Waals surface area contributed by atoms with E-state index in [0.29, 0.717) is 41.7 Å². The zero-order valence-electron chi connectivity index (χ0n) is 19.1. The summed E-state index contributed by atoms with van der Waals surface area (Å²) >= 11 is 0. The van der Waals surface area contributed by atoms with Crippen LogP contribution in [0.3, 0.4) is 0 Å². The number of hydrogen-bond acceptors (Lipinski definition) is 8. The molecule has 34 heavy (non-hydrogen) atoms. The number of carbonyl (C=O) groups excluding carboxylic acids is 1. The normalized spacial score (nSPS) is 14.4. The number of nitrogens with one attached hydrogen (secondary N) is 2. The molecule has 0 aromatic carbocycles. The third-order valence-electron chi connectivity index (χ3n) is 5.94. The van der Waals surface area contributed by atoms with Gasteiger partial charge in [-0.25, -0.2) is 14.8 Å². The lowest BCUT2D eigenvalue weighted by atomic mass is 10.1. The van der Waals surface area contributed by atoms with Crippen LogP contribution in [0.4, 0.5) is 17.3 Å². The van der Waals surface area contributed by atoms with Crippen LogP contribution < -0.4 is 16.3 Å². The minimum absolute atomic E-state index is 0.0358. The average Bonchev–Trinajstić information content (AvgIpc) is 3.35. The van der Waals surface area contributed by atoms with Crippen LogP contribution in [-0.4, -0.2) is 53.0 Å². The summed E-state index contributed by atoms with van der Waals surface area (Å²) in [7, 11) is 3.50. The van der Waals surface area contributed by atoms with Crippen LogP contribution in [0, 0.1) is 6.92 Å². The molecular formula is C22H25N9O3. The van der Waals surface area contributed by atoms with E-state index in [1.807, 2.05) is 6.92 Å². The number of fused-ring (bicyclic) bond motifs is 1. The van der Waals surface area contributed by atoms with Crippen LogP contribution in [0.25, 0.3) is 11.2 Å². The van der Waals surface area contributed by atoms with Crippen molar-refractivity contribution in [2.75, 3.05) is 23.8 Å². The van der Waals surface area contributed by atoms with E-state index in [4.69, 9.17) is 4.74 Å². The Morgan fingerprint density at radius 1 is 1.15 bits per heavy atom. The Morgan fingerprint density at radius 2 is 1.94 bits per heavy atom. The minimum atomic E-state index is -0.329. The quantitative estimate of drug-likeness (QED) is 0.458.